The van der Waals surface area contributed by atoms with E-state index >= 15 is 0 Å². The minimum atomic E-state index is 0.137. The zero-order valence-electron chi connectivity index (χ0n) is 13.8. The number of carbonyl (C=O) groups is 1. The molecular formula is C19H26O2. The topological polar surface area (TPSA) is 26.3 Å². The second-order valence-electron chi connectivity index (χ2n) is 7.61. The van der Waals surface area contributed by atoms with Crippen LogP contribution in [0.4, 0.5) is 0 Å². The first-order valence-electron chi connectivity index (χ1n) is 8.09. The molecule has 2 nitrogen and oxygen atoms in total. The SMILES string of the molecule is COc1cc(C)cc2c1C(=O)C[C@]1(C)CC[C@@H](C(C)C)[C@H]21. The third-order valence-electron chi connectivity index (χ3n) is 5.76. The quantitative estimate of drug-likeness (QED) is 0.784. The Hall–Kier alpha value is -1.31. The number of Topliss-reactive ketones (excluding diaryl/α,β-unsaturated/α-hetero) is 1. The summed E-state index contributed by atoms with van der Waals surface area (Å²) in [6, 6.07) is 4.23. The normalized spacial score (nSPS) is 31.2. The summed E-state index contributed by atoms with van der Waals surface area (Å²) in [5.41, 5.74) is 3.44. The van der Waals surface area contributed by atoms with Crippen molar-refractivity contribution >= 4 is 5.78 Å². The summed E-state index contributed by atoms with van der Waals surface area (Å²) < 4.78 is 5.52. The molecule has 2 aliphatic carbocycles. The first kappa shape index (κ1) is 14.6. The van der Waals surface area contributed by atoms with E-state index in [1.165, 1.54) is 24.0 Å². The van der Waals surface area contributed by atoms with Crippen LogP contribution in [-0.4, -0.2) is 12.9 Å². The van der Waals surface area contributed by atoms with Crippen LogP contribution in [-0.2, 0) is 0 Å². The molecule has 0 aliphatic heterocycles. The Morgan fingerprint density at radius 2 is 2.05 bits per heavy atom. The second kappa shape index (κ2) is 4.86. The predicted octanol–water partition coefficient (Wildman–Crippen LogP) is 4.75. The molecule has 0 saturated heterocycles. The average molecular weight is 286 g/mol. The smallest absolute Gasteiger partial charge is 0.167 e. The molecule has 21 heavy (non-hydrogen) atoms. The highest BCUT2D eigenvalue weighted by Crippen LogP contribution is 2.60. The Bertz CT molecular complexity index is 587. The summed E-state index contributed by atoms with van der Waals surface area (Å²) in [4.78, 5) is 12.7. The van der Waals surface area contributed by atoms with Crippen LogP contribution in [0.15, 0.2) is 12.1 Å². The highest BCUT2D eigenvalue weighted by Gasteiger charge is 2.52. The minimum absolute atomic E-state index is 0.137. The van der Waals surface area contributed by atoms with Gasteiger partial charge in [-0.05, 0) is 60.1 Å². The largest absolute Gasteiger partial charge is 0.496 e. The number of methoxy groups -OCH3 is 1. The minimum Gasteiger partial charge on any atom is -0.496 e. The molecule has 2 aliphatic rings. The van der Waals surface area contributed by atoms with E-state index in [2.05, 4.69) is 33.8 Å². The standard InChI is InChI=1S/C19H26O2/c1-11(2)13-6-7-19(4)10-15(20)17-14(18(13)19)8-12(3)9-16(17)21-5/h8-9,11,13,18H,6-7,10H2,1-5H3/t13-,18+,19-/m0/s1. The van der Waals surface area contributed by atoms with Crippen LogP contribution in [0.5, 0.6) is 5.75 Å². The zero-order valence-corrected chi connectivity index (χ0v) is 13.8. The Morgan fingerprint density at radius 1 is 1.33 bits per heavy atom. The van der Waals surface area contributed by atoms with E-state index in [1.54, 1.807) is 7.11 Å². The molecule has 0 bridgehead atoms. The first-order valence-corrected chi connectivity index (χ1v) is 8.09. The summed E-state index contributed by atoms with van der Waals surface area (Å²) in [7, 11) is 1.67. The van der Waals surface area contributed by atoms with Crippen LogP contribution in [0, 0.1) is 24.2 Å². The van der Waals surface area contributed by atoms with Crippen LogP contribution >= 0.6 is 0 Å². The summed E-state index contributed by atoms with van der Waals surface area (Å²) in [6.45, 7) is 9.05. The van der Waals surface area contributed by atoms with Crippen molar-refractivity contribution in [3.8, 4) is 5.75 Å². The fraction of sp³-hybridized carbons (Fsp3) is 0.632. The van der Waals surface area contributed by atoms with Crippen molar-refractivity contribution in [3.05, 3.63) is 28.8 Å². The summed E-state index contributed by atoms with van der Waals surface area (Å²) in [5, 5.41) is 0. The summed E-state index contributed by atoms with van der Waals surface area (Å²) >= 11 is 0. The molecule has 2 heteroatoms. The molecule has 0 amide bonds. The number of fused-ring (bicyclic) bond motifs is 3. The van der Waals surface area contributed by atoms with Crippen LogP contribution in [0.1, 0.15) is 67.4 Å². The molecule has 0 spiro atoms. The maximum atomic E-state index is 12.7. The molecule has 1 aromatic carbocycles. The molecule has 1 saturated carbocycles. The van der Waals surface area contributed by atoms with Gasteiger partial charge in [0.15, 0.2) is 5.78 Å². The van der Waals surface area contributed by atoms with E-state index in [-0.39, 0.29) is 11.2 Å². The van der Waals surface area contributed by atoms with E-state index in [1.807, 2.05) is 6.07 Å². The van der Waals surface area contributed by atoms with Crippen molar-refractivity contribution in [1.29, 1.82) is 0 Å². The van der Waals surface area contributed by atoms with Gasteiger partial charge in [0.2, 0.25) is 0 Å². The van der Waals surface area contributed by atoms with Gasteiger partial charge in [0.1, 0.15) is 5.75 Å². The highest BCUT2D eigenvalue weighted by atomic mass is 16.5. The molecule has 3 rings (SSSR count). The van der Waals surface area contributed by atoms with Gasteiger partial charge in [-0.25, -0.2) is 0 Å². The maximum Gasteiger partial charge on any atom is 0.167 e. The van der Waals surface area contributed by atoms with Crippen LogP contribution < -0.4 is 4.74 Å². The Labute approximate surface area is 127 Å². The average Bonchev–Trinajstić information content (AvgIpc) is 2.75. The van der Waals surface area contributed by atoms with E-state index in [0.29, 0.717) is 24.2 Å². The highest BCUT2D eigenvalue weighted by molar-refractivity contribution is 6.02. The second-order valence-corrected chi connectivity index (χ2v) is 7.61. The molecule has 1 aromatic rings. The van der Waals surface area contributed by atoms with E-state index in [0.717, 1.165) is 11.3 Å². The van der Waals surface area contributed by atoms with Gasteiger partial charge >= 0.3 is 0 Å². The van der Waals surface area contributed by atoms with Gasteiger partial charge in [0.05, 0.1) is 12.7 Å². The molecule has 0 heterocycles. The number of ketones is 1. The van der Waals surface area contributed by atoms with Gasteiger partial charge in [-0.3, -0.25) is 4.79 Å². The number of hydrogen-bond donors (Lipinski definition) is 0. The predicted molar refractivity (Wildman–Crippen MR) is 85.1 cm³/mol. The molecule has 0 unspecified atom stereocenters. The van der Waals surface area contributed by atoms with Crippen molar-refractivity contribution in [1.82, 2.24) is 0 Å². The number of rotatable bonds is 2. The lowest BCUT2D eigenvalue weighted by molar-refractivity contribution is 0.0864. The number of ether oxygens (including phenoxy) is 1. The van der Waals surface area contributed by atoms with Crippen molar-refractivity contribution in [2.24, 2.45) is 17.3 Å². The van der Waals surface area contributed by atoms with Gasteiger partial charge in [0.25, 0.3) is 0 Å². The number of hydrogen-bond acceptors (Lipinski definition) is 2. The lowest BCUT2D eigenvalue weighted by atomic mass is 9.63. The third kappa shape index (κ3) is 2.11. The van der Waals surface area contributed by atoms with Gasteiger partial charge in [-0.15, -0.1) is 0 Å². The molecule has 114 valence electrons. The van der Waals surface area contributed by atoms with Crippen LogP contribution in [0.3, 0.4) is 0 Å². The summed E-state index contributed by atoms with van der Waals surface area (Å²) in [6.07, 6.45) is 3.08. The number of benzene rings is 1. The molecule has 1 fully saturated rings. The van der Waals surface area contributed by atoms with E-state index < -0.39 is 0 Å². The monoisotopic (exact) mass is 286 g/mol. The number of aryl methyl sites for hydroxylation is 1. The lowest BCUT2D eigenvalue weighted by Crippen LogP contribution is -2.34. The molecule has 0 N–H and O–H groups in total. The number of carbonyl (C=O) groups excluding carboxylic acids is 1. The third-order valence-corrected chi connectivity index (χ3v) is 5.76. The van der Waals surface area contributed by atoms with Gasteiger partial charge < -0.3 is 4.74 Å². The zero-order chi connectivity index (χ0) is 15.4. The lowest BCUT2D eigenvalue weighted by Gasteiger charge is -2.41. The van der Waals surface area contributed by atoms with Crippen molar-refractivity contribution in [2.45, 2.75) is 52.9 Å². The molecular weight excluding hydrogens is 260 g/mol. The fourth-order valence-corrected chi connectivity index (χ4v) is 4.80. The molecule has 0 aromatic heterocycles. The Balaban J connectivity index is 2.22. The Morgan fingerprint density at radius 3 is 2.67 bits per heavy atom. The van der Waals surface area contributed by atoms with Gasteiger partial charge in [0, 0.05) is 6.42 Å². The fourth-order valence-electron chi connectivity index (χ4n) is 4.80. The maximum absolute atomic E-state index is 12.7. The van der Waals surface area contributed by atoms with Crippen molar-refractivity contribution in [2.75, 3.05) is 7.11 Å². The van der Waals surface area contributed by atoms with Crippen LogP contribution in [0.25, 0.3) is 0 Å². The molecule has 3 atom stereocenters. The van der Waals surface area contributed by atoms with E-state index in [9.17, 15) is 4.79 Å². The molecule has 0 radical (unpaired) electrons. The van der Waals surface area contributed by atoms with Gasteiger partial charge in [-0.1, -0.05) is 26.8 Å². The Kier molecular flexibility index (Phi) is 3.38. The van der Waals surface area contributed by atoms with E-state index in [4.69, 9.17) is 4.74 Å². The van der Waals surface area contributed by atoms with Crippen LogP contribution in [0.2, 0.25) is 0 Å². The van der Waals surface area contributed by atoms with Crippen molar-refractivity contribution in [3.63, 3.8) is 0 Å². The first-order chi connectivity index (χ1) is 9.87. The van der Waals surface area contributed by atoms with Gasteiger partial charge in [-0.2, -0.15) is 0 Å². The van der Waals surface area contributed by atoms with Crippen molar-refractivity contribution < 1.29 is 9.53 Å². The summed E-state index contributed by atoms with van der Waals surface area (Å²) in [5.74, 6) is 2.87.